The molecule has 0 saturated carbocycles. The molecule has 6 heteroatoms. The summed E-state index contributed by atoms with van der Waals surface area (Å²) in [5, 5.41) is 3.01. The number of carbonyl (C=O) groups excluding carboxylic acids is 1. The van der Waals surface area contributed by atoms with Crippen LogP contribution in [0.3, 0.4) is 0 Å². The van der Waals surface area contributed by atoms with Crippen LogP contribution in [0, 0.1) is 0 Å². The van der Waals surface area contributed by atoms with Gasteiger partial charge in [0.2, 0.25) is 5.91 Å². The zero-order valence-electron chi connectivity index (χ0n) is 14.5. The van der Waals surface area contributed by atoms with Crippen molar-refractivity contribution in [3.8, 4) is 0 Å². The second-order valence-electron chi connectivity index (χ2n) is 6.72. The summed E-state index contributed by atoms with van der Waals surface area (Å²) in [6, 6.07) is 0. The van der Waals surface area contributed by atoms with Crippen molar-refractivity contribution in [1.82, 2.24) is 14.9 Å². The van der Waals surface area contributed by atoms with Gasteiger partial charge in [0, 0.05) is 37.3 Å². The molecule has 1 amide bonds. The van der Waals surface area contributed by atoms with E-state index in [-0.39, 0.29) is 10.7 Å². The molecule has 2 N–H and O–H groups in total. The fourth-order valence-corrected chi connectivity index (χ4v) is 2.87. The quantitative estimate of drug-likeness (QED) is 0.474. The van der Waals surface area contributed by atoms with Crippen LogP contribution in [0.25, 0.3) is 0 Å². The maximum absolute atomic E-state index is 11.7. The molecule has 1 aliphatic heterocycles. The molecule has 0 atom stereocenters. The number of hydrogen-bond donors (Lipinski definition) is 2. The molecule has 0 aromatic heterocycles. The van der Waals surface area contributed by atoms with E-state index in [0.29, 0.717) is 6.42 Å². The van der Waals surface area contributed by atoms with Crippen LogP contribution in [0.1, 0.15) is 46.5 Å². The van der Waals surface area contributed by atoms with Crippen LogP contribution in [0.15, 0.2) is 0 Å². The van der Waals surface area contributed by atoms with E-state index < -0.39 is 0 Å². The van der Waals surface area contributed by atoms with Crippen molar-refractivity contribution in [2.24, 2.45) is 0 Å². The van der Waals surface area contributed by atoms with Crippen molar-refractivity contribution in [3.05, 3.63) is 0 Å². The Balaban J connectivity index is 1.87. The van der Waals surface area contributed by atoms with Crippen LogP contribution in [-0.4, -0.2) is 61.5 Å². The average Bonchev–Trinajstić information content (AvgIpc) is 2.47. The molecule has 0 bridgehead atoms. The van der Waals surface area contributed by atoms with Gasteiger partial charge in [-0.2, -0.15) is 0 Å². The monoisotopic (exact) mass is 331 g/mol. The number of ether oxygens (including phenoxy) is 1. The molecule has 0 unspecified atom stereocenters. The van der Waals surface area contributed by atoms with Crippen molar-refractivity contribution >= 4 is 17.9 Å². The Hall–Kier alpha value is -0.300. The number of unbranched alkanes of at least 4 members (excludes halogenated alkanes) is 1. The molecule has 1 saturated heterocycles. The molecular weight excluding hydrogens is 298 g/mol. The summed E-state index contributed by atoms with van der Waals surface area (Å²) in [7, 11) is 0. The standard InChI is InChI=1S/C16H33N3O2S/c1-16(2,3)22-18-9-5-4-7-15(20)17-8-6-10-19-11-13-21-14-12-19/h18H,4-14H2,1-3H3,(H,17,20). The van der Waals surface area contributed by atoms with E-state index in [0.717, 1.165) is 65.2 Å². The Bertz CT molecular complexity index is 302. The lowest BCUT2D eigenvalue weighted by molar-refractivity contribution is -0.121. The van der Waals surface area contributed by atoms with E-state index in [1.165, 1.54) is 0 Å². The Morgan fingerprint density at radius 2 is 1.86 bits per heavy atom. The van der Waals surface area contributed by atoms with Gasteiger partial charge >= 0.3 is 0 Å². The fourth-order valence-electron chi connectivity index (χ4n) is 2.19. The van der Waals surface area contributed by atoms with Crippen molar-refractivity contribution in [2.45, 2.75) is 51.2 Å². The van der Waals surface area contributed by atoms with Crippen molar-refractivity contribution in [1.29, 1.82) is 0 Å². The highest BCUT2D eigenvalue weighted by Crippen LogP contribution is 2.19. The largest absolute Gasteiger partial charge is 0.379 e. The van der Waals surface area contributed by atoms with E-state index >= 15 is 0 Å². The molecule has 0 spiro atoms. The van der Waals surface area contributed by atoms with E-state index in [4.69, 9.17) is 4.74 Å². The van der Waals surface area contributed by atoms with Crippen LogP contribution in [0.5, 0.6) is 0 Å². The minimum atomic E-state index is 0.186. The fraction of sp³-hybridized carbons (Fsp3) is 0.938. The minimum absolute atomic E-state index is 0.186. The number of morpholine rings is 1. The van der Waals surface area contributed by atoms with Gasteiger partial charge in [0.15, 0.2) is 0 Å². The molecule has 0 aromatic rings. The Labute approximate surface area is 140 Å². The predicted octanol–water partition coefficient (Wildman–Crippen LogP) is 2.03. The van der Waals surface area contributed by atoms with Crippen molar-refractivity contribution < 1.29 is 9.53 Å². The van der Waals surface area contributed by atoms with Crippen molar-refractivity contribution in [2.75, 3.05) is 45.9 Å². The van der Waals surface area contributed by atoms with Crippen LogP contribution in [0.4, 0.5) is 0 Å². The Morgan fingerprint density at radius 3 is 2.55 bits per heavy atom. The van der Waals surface area contributed by atoms with Crippen LogP contribution >= 0.6 is 11.9 Å². The summed E-state index contributed by atoms with van der Waals surface area (Å²) in [4.78, 5) is 14.1. The van der Waals surface area contributed by atoms with Crippen molar-refractivity contribution in [3.63, 3.8) is 0 Å². The van der Waals surface area contributed by atoms with Crippen LogP contribution in [-0.2, 0) is 9.53 Å². The first kappa shape index (κ1) is 19.7. The van der Waals surface area contributed by atoms with Gasteiger partial charge in [-0.25, -0.2) is 0 Å². The Kier molecular flexibility index (Phi) is 10.1. The molecule has 22 heavy (non-hydrogen) atoms. The molecule has 5 nitrogen and oxygen atoms in total. The van der Waals surface area contributed by atoms with E-state index in [9.17, 15) is 4.79 Å². The first-order chi connectivity index (χ1) is 10.5. The van der Waals surface area contributed by atoms with Gasteiger partial charge in [0.25, 0.3) is 0 Å². The lowest BCUT2D eigenvalue weighted by Gasteiger charge is -2.26. The number of nitrogens with one attached hydrogen (secondary N) is 2. The molecule has 0 aliphatic carbocycles. The number of carbonyl (C=O) groups is 1. The van der Waals surface area contributed by atoms with Gasteiger partial charge in [-0.3, -0.25) is 14.4 Å². The van der Waals surface area contributed by atoms with Gasteiger partial charge in [0.05, 0.1) is 13.2 Å². The van der Waals surface area contributed by atoms with Gasteiger partial charge in [-0.15, -0.1) is 0 Å². The van der Waals surface area contributed by atoms with Gasteiger partial charge in [-0.05, 0) is 46.6 Å². The zero-order valence-corrected chi connectivity index (χ0v) is 15.3. The Morgan fingerprint density at radius 1 is 1.14 bits per heavy atom. The molecule has 1 fully saturated rings. The highest BCUT2D eigenvalue weighted by atomic mass is 32.2. The summed E-state index contributed by atoms with van der Waals surface area (Å²) in [6.07, 6.45) is 3.66. The van der Waals surface area contributed by atoms with Crippen LogP contribution in [0.2, 0.25) is 0 Å². The first-order valence-electron chi connectivity index (χ1n) is 8.45. The maximum Gasteiger partial charge on any atom is 0.219 e. The summed E-state index contributed by atoms with van der Waals surface area (Å²) in [6.45, 7) is 13.1. The SMILES string of the molecule is CC(C)(C)SNCCCCC(=O)NCCCN1CCOCC1. The smallest absolute Gasteiger partial charge is 0.219 e. The molecule has 1 aliphatic rings. The normalized spacial score (nSPS) is 16.7. The highest BCUT2D eigenvalue weighted by molar-refractivity contribution is 7.98. The lowest BCUT2D eigenvalue weighted by atomic mass is 10.2. The third-order valence-corrected chi connectivity index (χ3v) is 4.35. The summed E-state index contributed by atoms with van der Waals surface area (Å²) in [5.74, 6) is 0.186. The topological polar surface area (TPSA) is 53.6 Å². The zero-order chi connectivity index (χ0) is 16.3. The molecule has 130 valence electrons. The lowest BCUT2D eigenvalue weighted by Crippen LogP contribution is -2.38. The number of nitrogens with zero attached hydrogens (tertiary/aromatic N) is 1. The predicted molar refractivity (Wildman–Crippen MR) is 94.1 cm³/mol. The van der Waals surface area contributed by atoms with Gasteiger partial charge in [-0.1, -0.05) is 11.9 Å². The second-order valence-corrected chi connectivity index (χ2v) is 8.44. The van der Waals surface area contributed by atoms with Gasteiger partial charge < -0.3 is 10.1 Å². The average molecular weight is 332 g/mol. The van der Waals surface area contributed by atoms with Gasteiger partial charge in [0.1, 0.15) is 0 Å². The minimum Gasteiger partial charge on any atom is -0.379 e. The molecule has 1 rings (SSSR count). The molecule has 1 heterocycles. The highest BCUT2D eigenvalue weighted by Gasteiger charge is 2.10. The maximum atomic E-state index is 11.7. The third kappa shape index (κ3) is 11.3. The molecule has 0 radical (unpaired) electrons. The van der Waals surface area contributed by atoms with E-state index in [1.54, 1.807) is 11.9 Å². The summed E-state index contributed by atoms with van der Waals surface area (Å²) < 4.78 is 8.92. The first-order valence-corrected chi connectivity index (χ1v) is 9.27. The molecule has 0 aromatic carbocycles. The number of rotatable bonds is 10. The number of amides is 1. The summed E-state index contributed by atoms with van der Waals surface area (Å²) in [5.41, 5.74) is 0. The second kappa shape index (κ2) is 11.3. The van der Waals surface area contributed by atoms with Crippen LogP contribution < -0.4 is 10.0 Å². The van der Waals surface area contributed by atoms with E-state index in [2.05, 4.69) is 35.7 Å². The van der Waals surface area contributed by atoms with E-state index in [1.807, 2.05) is 0 Å². The summed E-state index contributed by atoms with van der Waals surface area (Å²) >= 11 is 1.76. The number of hydrogen-bond acceptors (Lipinski definition) is 5. The molecular formula is C16H33N3O2S. The third-order valence-electron chi connectivity index (χ3n) is 3.39.